The topological polar surface area (TPSA) is 111 Å². The van der Waals surface area contributed by atoms with Gasteiger partial charge in [-0.05, 0) is 93.3 Å². The van der Waals surface area contributed by atoms with Crippen molar-refractivity contribution in [2.24, 2.45) is 5.73 Å². The lowest BCUT2D eigenvalue weighted by Crippen LogP contribution is -2.52. The van der Waals surface area contributed by atoms with Gasteiger partial charge in [0.1, 0.15) is 0 Å². The molecule has 2 aliphatic heterocycles. The summed E-state index contributed by atoms with van der Waals surface area (Å²) in [6.45, 7) is 3.20. The van der Waals surface area contributed by atoms with Crippen LogP contribution in [0, 0.1) is 0 Å². The van der Waals surface area contributed by atoms with Crippen LogP contribution in [0.5, 0.6) is 5.88 Å². The lowest BCUT2D eigenvalue weighted by atomic mass is 10.0. The Kier molecular flexibility index (Phi) is 10.9. The molecule has 6 rings (SSSR count). The maximum Gasteiger partial charge on any atom is 0.328 e. The number of rotatable bonds is 14. The Morgan fingerprint density at radius 2 is 1.72 bits per heavy atom. The zero-order chi connectivity index (χ0) is 32.2. The van der Waals surface area contributed by atoms with Gasteiger partial charge in [-0.3, -0.25) is 14.3 Å². The van der Waals surface area contributed by atoms with E-state index in [1.807, 2.05) is 23.1 Å². The van der Waals surface area contributed by atoms with Gasteiger partial charge < -0.3 is 25.6 Å². The highest BCUT2D eigenvalue weighted by Crippen LogP contribution is 2.41. The van der Waals surface area contributed by atoms with E-state index in [4.69, 9.17) is 28.9 Å². The summed E-state index contributed by atoms with van der Waals surface area (Å²) in [7, 11) is 0. The molecular formula is C34H44Cl2N6O3S. The minimum atomic E-state index is -0.271. The van der Waals surface area contributed by atoms with Crippen molar-refractivity contribution in [3.63, 3.8) is 0 Å². The lowest BCUT2D eigenvalue weighted by molar-refractivity contribution is -0.122. The largest absolute Gasteiger partial charge is 0.493 e. The number of aromatic hydroxyl groups is 1. The third-order valence-electron chi connectivity index (χ3n) is 9.38. The molecular weight excluding hydrogens is 643 g/mol. The summed E-state index contributed by atoms with van der Waals surface area (Å²) in [6, 6.07) is 12.6. The van der Waals surface area contributed by atoms with Crippen LogP contribution in [0.3, 0.4) is 0 Å². The molecule has 4 N–H and O–H groups in total. The Morgan fingerprint density at radius 1 is 0.978 bits per heavy atom. The predicted octanol–water partition coefficient (Wildman–Crippen LogP) is 5.77. The average molecular weight is 688 g/mol. The van der Waals surface area contributed by atoms with E-state index in [-0.39, 0.29) is 23.5 Å². The van der Waals surface area contributed by atoms with Gasteiger partial charge in [-0.15, -0.1) is 11.8 Å². The number of H-pyrrole nitrogens is 1. The molecule has 12 heteroatoms. The monoisotopic (exact) mass is 686 g/mol. The van der Waals surface area contributed by atoms with Gasteiger partial charge in [-0.2, -0.15) is 0 Å². The molecule has 1 amide bonds. The second-order valence-corrected chi connectivity index (χ2v) is 14.5. The Morgan fingerprint density at radius 3 is 2.50 bits per heavy atom. The van der Waals surface area contributed by atoms with Crippen molar-refractivity contribution >= 4 is 52.2 Å². The second-order valence-electron chi connectivity index (χ2n) is 12.6. The van der Waals surface area contributed by atoms with Crippen molar-refractivity contribution < 1.29 is 9.90 Å². The fourth-order valence-corrected chi connectivity index (χ4v) is 8.40. The standard InChI is InChI=1S/C34H44Cl2N6O3S/c35-26-19-24(27(36)18-23(26)8-2-1-7-15-42-32(43)28(38-34(42)45)9-5-6-14-37)20-39-22-46-21-31(39)33(44)41-17-16-40(25-12-13-25)29-10-3-4-11-30(29)41/h3-4,10-11,18-19,25,31,43H,1-2,5-9,12-17,20-22,37H2,(H,38,45)/t31-/m0/s1. The number of aromatic nitrogens is 2. The molecule has 0 spiro atoms. The van der Waals surface area contributed by atoms with Gasteiger partial charge in [0.05, 0.1) is 23.1 Å². The lowest BCUT2D eigenvalue weighted by Gasteiger charge is -2.39. The smallest absolute Gasteiger partial charge is 0.328 e. The maximum absolute atomic E-state index is 14.0. The van der Waals surface area contributed by atoms with E-state index >= 15 is 0 Å². The molecule has 1 saturated carbocycles. The molecule has 0 unspecified atom stereocenters. The van der Waals surface area contributed by atoms with Gasteiger partial charge in [0.15, 0.2) is 0 Å². The Labute approximate surface area is 285 Å². The SMILES string of the molecule is NCCCCc1[nH]c(=O)n(CCCCCc2cc(Cl)c(CN3CSC[C@H]3C(=O)N3CCN(C4CC4)c4ccccc43)cc2Cl)c1O. The van der Waals surface area contributed by atoms with Crippen LogP contribution in [0.25, 0.3) is 0 Å². The fourth-order valence-electron chi connectivity index (χ4n) is 6.68. The van der Waals surface area contributed by atoms with Gasteiger partial charge in [0.2, 0.25) is 11.8 Å². The Balaban J connectivity index is 1.02. The number of nitrogens with two attached hydrogens (primary N) is 1. The van der Waals surface area contributed by atoms with Crippen LogP contribution < -0.4 is 21.2 Å². The number of carbonyl (C=O) groups is 1. The third kappa shape index (κ3) is 7.41. The van der Waals surface area contributed by atoms with Crippen molar-refractivity contribution in [1.82, 2.24) is 14.5 Å². The number of para-hydroxylation sites is 2. The number of aryl methyl sites for hydroxylation is 2. The molecule has 0 bridgehead atoms. The van der Waals surface area contributed by atoms with Crippen LogP contribution in [-0.2, 0) is 30.7 Å². The zero-order valence-corrected chi connectivity index (χ0v) is 28.6. The van der Waals surface area contributed by atoms with Crippen LogP contribution in [0.2, 0.25) is 10.0 Å². The summed E-state index contributed by atoms with van der Waals surface area (Å²) in [6.07, 6.45) is 8.05. The number of fused-ring (bicyclic) bond motifs is 1. The van der Waals surface area contributed by atoms with Crippen molar-refractivity contribution in [3.05, 3.63) is 73.7 Å². The fraction of sp³-hybridized carbons (Fsp3) is 0.529. The summed E-state index contributed by atoms with van der Waals surface area (Å²) in [5.41, 5.74) is 9.98. The number of hydrogen-bond donors (Lipinski definition) is 3. The Hall–Kier alpha value is -2.63. The molecule has 2 aromatic carbocycles. The van der Waals surface area contributed by atoms with Gasteiger partial charge in [0, 0.05) is 53.9 Å². The van der Waals surface area contributed by atoms with Gasteiger partial charge in [-0.1, -0.05) is 41.8 Å². The van der Waals surface area contributed by atoms with Crippen molar-refractivity contribution in [3.8, 4) is 5.88 Å². The first-order valence-corrected chi connectivity index (χ1v) is 18.4. The van der Waals surface area contributed by atoms with E-state index in [9.17, 15) is 14.7 Å². The number of anilines is 2. The van der Waals surface area contributed by atoms with Crippen LogP contribution >= 0.6 is 35.0 Å². The van der Waals surface area contributed by atoms with Crippen molar-refractivity contribution in [2.75, 3.05) is 41.1 Å². The molecule has 9 nitrogen and oxygen atoms in total. The van der Waals surface area contributed by atoms with E-state index in [2.05, 4.69) is 33.0 Å². The number of halogens is 2. The van der Waals surface area contributed by atoms with Crippen molar-refractivity contribution in [2.45, 2.75) is 83.0 Å². The molecule has 46 heavy (non-hydrogen) atoms. The molecule has 1 saturated heterocycles. The molecule has 1 atom stereocenters. The molecule has 3 aromatic rings. The predicted molar refractivity (Wildman–Crippen MR) is 189 cm³/mol. The minimum Gasteiger partial charge on any atom is -0.493 e. The average Bonchev–Trinajstić information content (AvgIpc) is 3.73. The summed E-state index contributed by atoms with van der Waals surface area (Å²) < 4.78 is 1.41. The highest BCUT2D eigenvalue weighted by molar-refractivity contribution is 7.99. The molecule has 0 radical (unpaired) electrons. The molecule has 3 aliphatic rings. The number of benzene rings is 2. The van der Waals surface area contributed by atoms with Crippen LogP contribution in [0.4, 0.5) is 11.4 Å². The van der Waals surface area contributed by atoms with Gasteiger partial charge >= 0.3 is 5.69 Å². The van der Waals surface area contributed by atoms with Gasteiger partial charge in [-0.25, -0.2) is 4.79 Å². The van der Waals surface area contributed by atoms with Crippen molar-refractivity contribution in [1.29, 1.82) is 0 Å². The summed E-state index contributed by atoms with van der Waals surface area (Å²) >= 11 is 15.3. The molecule has 1 aliphatic carbocycles. The van der Waals surface area contributed by atoms with E-state index in [1.165, 1.54) is 23.1 Å². The third-order valence-corrected chi connectivity index (χ3v) is 11.2. The normalized spacial score (nSPS) is 18.4. The second kappa shape index (κ2) is 15.1. The maximum atomic E-state index is 14.0. The number of imidazole rings is 1. The molecule has 248 valence electrons. The zero-order valence-electron chi connectivity index (χ0n) is 26.2. The number of carbonyl (C=O) groups excluding carboxylic acids is 1. The molecule has 1 aromatic heterocycles. The van der Waals surface area contributed by atoms with Crippen LogP contribution in [-0.4, -0.2) is 68.8 Å². The van der Waals surface area contributed by atoms with Gasteiger partial charge in [0.25, 0.3) is 0 Å². The first-order valence-electron chi connectivity index (χ1n) is 16.5. The minimum absolute atomic E-state index is 0.0359. The van der Waals surface area contributed by atoms with E-state index in [0.717, 1.165) is 73.5 Å². The molecule has 2 fully saturated rings. The first kappa shape index (κ1) is 33.3. The number of unbranched alkanes of at least 4 members (excludes halogenated alkanes) is 3. The van der Waals surface area contributed by atoms with E-state index in [0.29, 0.717) is 54.4 Å². The number of nitrogens with one attached hydrogen (secondary N) is 1. The van der Waals surface area contributed by atoms with Crippen LogP contribution in [0.1, 0.15) is 61.8 Å². The number of amides is 1. The van der Waals surface area contributed by atoms with Crippen LogP contribution in [0.15, 0.2) is 41.2 Å². The number of nitrogens with zero attached hydrogens (tertiary/aromatic N) is 4. The highest BCUT2D eigenvalue weighted by Gasteiger charge is 2.40. The van der Waals surface area contributed by atoms with E-state index < -0.39 is 0 Å². The number of hydrogen-bond acceptors (Lipinski definition) is 7. The number of thioether (sulfide) groups is 1. The highest BCUT2D eigenvalue weighted by atomic mass is 35.5. The molecule has 3 heterocycles. The van der Waals surface area contributed by atoms with E-state index in [1.54, 1.807) is 11.8 Å². The Bertz CT molecular complexity index is 1590. The quantitative estimate of drug-likeness (QED) is 0.185. The summed E-state index contributed by atoms with van der Waals surface area (Å²) in [5, 5.41) is 11.8. The first-order chi connectivity index (χ1) is 22.4. The summed E-state index contributed by atoms with van der Waals surface area (Å²) in [5.74, 6) is 1.72. The number of aromatic amines is 1. The summed E-state index contributed by atoms with van der Waals surface area (Å²) in [4.78, 5) is 35.7.